The highest BCUT2D eigenvalue weighted by atomic mass is 35.5. The van der Waals surface area contributed by atoms with Gasteiger partial charge in [0.05, 0.1) is 4.34 Å². The summed E-state index contributed by atoms with van der Waals surface area (Å²) in [5.41, 5.74) is -0.00110. The lowest BCUT2D eigenvalue weighted by atomic mass is 9.92. The standard InChI is InChI=1S/C13H20ClNO2S/c1-13(2,3)7-12(16)15-8-9(17-4)10-5-6-11(14)18-10/h5-6,9H,7-8H2,1-4H3,(H,15,16). The van der Waals surface area contributed by atoms with Gasteiger partial charge in [0.25, 0.3) is 0 Å². The summed E-state index contributed by atoms with van der Waals surface area (Å²) in [6.07, 6.45) is 0.376. The molecule has 0 spiro atoms. The number of carbonyl (C=O) groups excluding carboxylic acids is 1. The van der Waals surface area contributed by atoms with Gasteiger partial charge in [-0.3, -0.25) is 4.79 Å². The highest BCUT2D eigenvalue weighted by Crippen LogP contribution is 2.28. The molecule has 0 fully saturated rings. The van der Waals surface area contributed by atoms with Crippen LogP contribution in [0.15, 0.2) is 12.1 Å². The molecule has 1 rings (SSSR count). The SMILES string of the molecule is COC(CNC(=O)CC(C)(C)C)c1ccc(Cl)s1. The lowest BCUT2D eigenvalue weighted by molar-refractivity contribution is -0.123. The smallest absolute Gasteiger partial charge is 0.220 e. The van der Waals surface area contributed by atoms with Gasteiger partial charge in [-0.2, -0.15) is 0 Å². The van der Waals surface area contributed by atoms with E-state index in [1.165, 1.54) is 11.3 Å². The van der Waals surface area contributed by atoms with Crippen molar-refractivity contribution in [1.29, 1.82) is 0 Å². The van der Waals surface area contributed by atoms with E-state index in [-0.39, 0.29) is 17.4 Å². The predicted octanol–water partition coefficient (Wildman–Crippen LogP) is 3.64. The first-order chi connectivity index (χ1) is 8.31. The van der Waals surface area contributed by atoms with Gasteiger partial charge in [0, 0.05) is 25.0 Å². The zero-order valence-electron chi connectivity index (χ0n) is 11.2. The molecule has 1 N–H and O–H groups in total. The quantitative estimate of drug-likeness (QED) is 0.899. The molecule has 1 atom stereocenters. The van der Waals surface area contributed by atoms with Gasteiger partial charge in [-0.1, -0.05) is 32.4 Å². The Morgan fingerprint density at radius 3 is 2.61 bits per heavy atom. The van der Waals surface area contributed by atoms with Crippen molar-refractivity contribution in [1.82, 2.24) is 5.32 Å². The van der Waals surface area contributed by atoms with Crippen LogP contribution in [0.1, 0.15) is 38.2 Å². The number of thiophene rings is 1. The molecule has 0 bridgehead atoms. The van der Waals surface area contributed by atoms with Crippen molar-refractivity contribution in [2.75, 3.05) is 13.7 Å². The van der Waals surface area contributed by atoms with Crippen molar-refractivity contribution in [3.05, 3.63) is 21.3 Å². The minimum Gasteiger partial charge on any atom is -0.374 e. The van der Waals surface area contributed by atoms with E-state index >= 15 is 0 Å². The second-order valence-corrected chi connectivity index (χ2v) is 7.15. The highest BCUT2D eigenvalue weighted by Gasteiger charge is 2.18. The summed E-state index contributed by atoms with van der Waals surface area (Å²) in [5, 5.41) is 2.90. The van der Waals surface area contributed by atoms with Crippen LogP contribution in [0.25, 0.3) is 0 Å². The Kier molecular flexibility index (Phi) is 5.63. The third-order valence-electron chi connectivity index (χ3n) is 2.37. The maximum Gasteiger partial charge on any atom is 0.220 e. The second kappa shape index (κ2) is 6.55. The topological polar surface area (TPSA) is 38.3 Å². The first kappa shape index (κ1) is 15.5. The number of hydrogen-bond donors (Lipinski definition) is 1. The number of amides is 1. The van der Waals surface area contributed by atoms with Gasteiger partial charge in [0.2, 0.25) is 5.91 Å². The number of hydrogen-bond acceptors (Lipinski definition) is 3. The molecule has 1 amide bonds. The molecule has 0 saturated carbocycles. The van der Waals surface area contributed by atoms with Crippen LogP contribution < -0.4 is 5.32 Å². The number of methoxy groups -OCH3 is 1. The molecule has 1 unspecified atom stereocenters. The summed E-state index contributed by atoms with van der Waals surface area (Å²) in [7, 11) is 1.63. The molecule has 18 heavy (non-hydrogen) atoms. The number of nitrogens with one attached hydrogen (secondary N) is 1. The van der Waals surface area contributed by atoms with Gasteiger partial charge in [0.15, 0.2) is 0 Å². The number of ether oxygens (including phenoxy) is 1. The molecule has 0 aromatic carbocycles. The average Bonchev–Trinajstić information content (AvgIpc) is 2.63. The van der Waals surface area contributed by atoms with Crippen molar-refractivity contribution >= 4 is 28.8 Å². The van der Waals surface area contributed by atoms with Crippen LogP contribution in [0, 0.1) is 5.41 Å². The van der Waals surface area contributed by atoms with Gasteiger partial charge >= 0.3 is 0 Å². The molecule has 0 radical (unpaired) electrons. The Morgan fingerprint density at radius 2 is 2.17 bits per heavy atom. The minimum atomic E-state index is -0.133. The number of halogens is 1. The van der Waals surface area contributed by atoms with Crippen molar-refractivity contribution in [3.63, 3.8) is 0 Å². The second-order valence-electron chi connectivity index (χ2n) is 5.41. The largest absolute Gasteiger partial charge is 0.374 e. The molecule has 0 aliphatic carbocycles. The van der Waals surface area contributed by atoms with Gasteiger partial charge < -0.3 is 10.1 Å². The molecular weight excluding hydrogens is 270 g/mol. The maximum absolute atomic E-state index is 11.7. The van der Waals surface area contributed by atoms with E-state index in [0.29, 0.717) is 13.0 Å². The Labute approximate surface area is 117 Å². The molecule has 3 nitrogen and oxygen atoms in total. The molecule has 1 heterocycles. The summed E-state index contributed by atoms with van der Waals surface area (Å²) in [5.74, 6) is 0.0483. The first-order valence-electron chi connectivity index (χ1n) is 5.86. The molecule has 1 aromatic rings. The van der Waals surface area contributed by atoms with Crippen molar-refractivity contribution in [2.24, 2.45) is 5.41 Å². The van der Waals surface area contributed by atoms with Crippen molar-refractivity contribution < 1.29 is 9.53 Å². The van der Waals surface area contributed by atoms with Crippen molar-refractivity contribution in [3.8, 4) is 0 Å². The van der Waals surface area contributed by atoms with Gasteiger partial charge in [0.1, 0.15) is 6.10 Å². The average molecular weight is 290 g/mol. The monoisotopic (exact) mass is 289 g/mol. The third-order valence-corrected chi connectivity index (χ3v) is 3.69. The fourth-order valence-corrected chi connectivity index (χ4v) is 2.69. The van der Waals surface area contributed by atoms with Gasteiger partial charge in [-0.25, -0.2) is 0 Å². The number of carbonyl (C=O) groups is 1. The summed E-state index contributed by atoms with van der Waals surface area (Å²) < 4.78 is 6.10. The molecule has 5 heteroatoms. The fourth-order valence-electron chi connectivity index (χ4n) is 1.55. The zero-order chi connectivity index (χ0) is 13.8. The van der Waals surface area contributed by atoms with Crippen LogP contribution in [-0.4, -0.2) is 19.6 Å². The van der Waals surface area contributed by atoms with Crippen LogP contribution in [0.5, 0.6) is 0 Å². The van der Waals surface area contributed by atoms with E-state index in [2.05, 4.69) is 5.32 Å². The highest BCUT2D eigenvalue weighted by molar-refractivity contribution is 7.16. The summed E-state index contributed by atoms with van der Waals surface area (Å²) in [4.78, 5) is 12.8. The van der Waals surface area contributed by atoms with Crippen LogP contribution in [0.3, 0.4) is 0 Å². The molecule has 0 aliphatic rings. The molecular formula is C13H20ClNO2S. The number of rotatable bonds is 5. The Hall–Kier alpha value is -0.580. The van der Waals surface area contributed by atoms with E-state index < -0.39 is 0 Å². The van der Waals surface area contributed by atoms with E-state index in [1.807, 2.05) is 32.9 Å². The van der Waals surface area contributed by atoms with E-state index in [4.69, 9.17) is 16.3 Å². The lowest BCUT2D eigenvalue weighted by Crippen LogP contribution is -2.31. The van der Waals surface area contributed by atoms with Crippen LogP contribution in [-0.2, 0) is 9.53 Å². The Bertz CT molecular complexity index is 398. The van der Waals surface area contributed by atoms with Gasteiger partial charge in [-0.05, 0) is 17.5 Å². The van der Waals surface area contributed by atoms with Crippen LogP contribution in [0.4, 0.5) is 0 Å². The Morgan fingerprint density at radius 1 is 1.50 bits per heavy atom. The van der Waals surface area contributed by atoms with Crippen LogP contribution >= 0.6 is 22.9 Å². The fraction of sp³-hybridized carbons (Fsp3) is 0.615. The first-order valence-corrected chi connectivity index (χ1v) is 7.06. The molecule has 1 aromatic heterocycles. The summed E-state index contributed by atoms with van der Waals surface area (Å²) >= 11 is 7.36. The zero-order valence-corrected chi connectivity index (χ0v) is 12.8. The van der Waals surface area contributed by atoms with Gasteiger partial charge in [-0.15, -0.1) is 11.3 Å². The lowest BCUT2D eigenvalue weighted by Gasteiger charge is -2.19. The normalized spacial score (nSPS) is 13.4. The summed E-state index contributed by atoms with van der Waals surface area (Å²) in [6.45, 7) is 6.60. The Balaban J connectivity index is 2.48. The molecule has 0 saturated heterocycles. The molecule has 0 aliphatic heterocycles. The van der Waals surface area contributed by atoms with E-state index in [0.717, 1.165) is 9.21 Å². The minimum absolute atomic E-state index is 0.00110. The third kappa shape index (κ3) is 5.38. The van der Waals surface area contributed by atoms with E-state index in [9.17, 15) is 4.79 Å². The molecule has 102 valence electrons. The summed E-state index contributed by atoms with van der Waals surface area (Å²) in [6, 6.07) is 3.77. The predicted molar refractivity (Wildman–Crippen MR) is 76.2 cm³/mol. The maximum atomic E-state index is 11.7. The van der Waals surface area contributed by atoms with E-state index in [1.54, 1.807) is 7.11 Å². The van der Waals surface area contributed by atoms with Crippen molar-refractivity contribution in [2.45, 2.75) is 33.3 Å². The van der Waals surface area contributed by atoms with Crippen LogP contribution in [0.2, 0.25) is 4.34 Å².